The summed E-state index contributed by atoms with van der Waals surface area (Å²) in [6.45, 7) is 0.216. The zero-order valence-electron chi connectivity index (χ0n) is 11.7. The number of halogens is 3. The van der Waals surface area contributed by atoms with Gasteiger partial charge in [-0.25, -0.2) is 18.4 Å². The lowest BCUT2D eigenvalue weighted by atomic mass is 10.1. The van der Waals surface area contributed by atoms with Crippen molar-refractivity contribution >= 4 is 10.0 Å². The predicted octanol–water partition coefficient (Wildman–Crippen LogP) is 1.60. The Morgan fingerprint density at radius 1 is 1.32 bits per heavy atom. The number of piperidine rings is 1. The van der Waals surface area contributed by atoms with E-state index >= 15 is 0 Å². The third kappa shape index (κ3) is 5.09. The van der Waals surface area contributed by atoms with Crippen LogP contribution < -0.4 is 4.74 Å². The van der Waals surface area contributed by atoms with Crippen LogP contribution in [0, 0.1) is 0 Å². The maximum absolute atomic E-state index is 12.2. The van der Waals surface area contributed by atoms with Gasteiger partial charge in [-0.05, 0) is 18.9 Å². The standard InChI is InChI=1S/C12H16F3N3O3S/c13-12(14,15)4-8-22(19,20)18-7-1-3-10(9-18)21-11-16-5-2-6-17-11/h2,5-6,10H,1,3-4,7-9H2/t10-/m1/s1. The normalized spacial score (nSPS) is 20.8. The Bertz CT molecular complexity index is 580. The van der Waals surface area contributed by atoms with Crippen molar-refractivity contribution in [2.75, 3.05) is 18.8 Å². The van der Waals surface area contributed by atoms with Gasteiger partial charge in [0, 0.05) is 18.9 Å². The minimum Gasteiger partial charge on any atom is -0.459 e. The van der Waals surface area contributed by atoms with Gasteiger partial charge in [0.2, 0.25) is 10.0 Å². The highest BCUT2D eigenvalue weighted by atomic mass is 32.2. The molecule has 1 atom stereocenters. The Labute approximate surface area is 126 Å². The van der Waals surface area contributed by atoms with Gasteiger partial charge in [-0.2, -0.15) is 17.5 Å². The first kappa shape index (κ1) is 16.9. The van der Waals surface area contributed by atoms with E-state index in [1.165, 1.54) is 12.4 Å². The molecule has 1 saturated heterocycles. The summed E-state index contributed by atoms with van der Waals surface area (Å²) in [5, 5.41) is 0. The van der Waals surface area contributed by atoms with Crippen LogP contribution in [-0.4, -0.2) is 53.8 Å². The van der Waals surface area contributed by atoms with Crippen LogP contribution >= 0.6 is 0 Å². The highest BCUT2D eigenvalue weighted by Gasteiger charge is 2.35. The molecule has 0 amide bonds. The molecule has 0 unspecified atom stereocenters. The first-order valence-electron chi connectivity index (χ1n) is 6.74. The molecule has 0 bridgehead atoms. The molecule has 124 valence electrons. The molecule has 2 heterocycles. The van der Waals surface area contributed by atoms with Gasteiger partial charge in [-0.15, -0.1) is 0 Å². The van der Waals surface area contributed by atoms with E-state index in [0.717, 1.165) is 4.31 Å². The fourth-order valence-electron chi connectivity index (χ4n) is 2.12. The molecule has 0 radical (unpaired) electrons. The monoisotopic (exact) mass is 339 g/mol. The Morgan fingerprint density at radius 2 is 2.00 bits per heavy atom. The fourth-order valence-corrected chi connectivity index (χ4v) is 3.67. The minimum absolute atomic E-state index is 0.0123. The van der Waals surface area contributed by atoms with Gasteiger partial charge < -0.3 is 4.74 Å². The average molecular weight is 339 g/mol. The summed E-state index contributed by atoms with van der Waals surface area (Å²) in [7, 11) is -3.95. The summed E-state index contributed by atoms with van der Waals surface area (Å²) in [5.41, 5.74) is 0. The molecule has 1 aliphatic rings. The second-order valence-corrected chi connectivity index (χ2v) is 7.04. The molecular weight excluding hydrogens is 323 g/mol. The molecule has 22 heavy (non-hydrogen) atoms. The van der Waals surface area contributed by atoms with Crippen LogP contribution in [0.3, 0.4) is 0 Å². The van der Waals surface area contributed by atoms with E-state index in [9.17, 15) is 21.6 Å². The number of nitrogens with zero attached hydrogens (tertiary/aromatic N) is 3. The number of aromatic nitrogens is 2. The maximum atomic E-state index is 12.2. The summed E-state index contributed by atoms with van der Waals surface area (Å²) in [6.07, 6.45) is -2.20. The molecule has 0 aromatic carbocycles. The number of hydrogen-bond donors (Lipinski definition) is 0. The van der Waals surface area contributed by atoms with Gasteiger partial charge in [0.1, 0.15) is 6.10 Å². The molecule has 0 N–H and O–H groups in total. The molecule has 1 aromatic rings. The van der Waals surface area contributed by atoms with Gasteiger partial charge in [0.15, 0.2) is 0 Å². The van der Waals surface area contributed by atoms with Gasteiger partial charge in [0.05, 0.1) is 18.7 Å². The number of ether oxygens (including phenoxy) is 1. The van der Waals surface area contributed by atoms with Crippen LogP contribution in [0.2, 0.25) is 0 Å². The number of sulfonamides is 1. The molecule has 1 aliphatic heterocycles. The molecule has 2 rings (SSSR count). The van der Waals surface area contributed by atoms with E-state index in [4.69, 9.17) is 4.74 Å². The molecule has 0 spiro atoms. The number of hydrogen-bond acceptors (Lipinski definition) is 5. The van der Waals surface area contributed by atoms with E-state index in [0.29, 0.717) is 12.8 Å². The van der Waals surface area contributed by atoms with Crippen molar-refractivity contribution < 1.29 is 26.3 Å². The van der Waals surface area contributed by atoms with Gasteiger partial charge in [0.25, 0.3) is 0 Å². The van der Waals surface area contributed by atoms with E-state index in [2.05, 4.69) is 9.97 Å². The molecular formula is C12H16F3N3O3S. The Balaban J connectivity index is 1.95. The van der Waals surface area contributed by atoms with E-state index in [1.54, 1.807) is 6.07 Å². The zero-order chi connectivity index (χ0) is 16.2. The second kappa shape index (κ2) is 6.78. The molecule has 10 heteroatoms. The molecule has 0 aliphatic carbocycles. The first-order valence-corrected chi connectivity index (χ1v) is 8.35. The van der Waals surface area contributed by atoms with Gasteiger partial charge in [-0.1, -0.05) is 0 Å². The largest absolute Gasteiger partial charge is 0.459 e. The summed E-state index contributed by atoms with van der Waals surface area (Å²) >= 11 is 0. The molecule has 0 saturated carbocycles. The van der Waals surface area contributed by atoms with Crippen molar-refractivity contribution in [1.29, 1.82) is 0 Å². The van der Waals surface area contributed by atoms with Crippen LogP contribution in [0.5, 0.6) is 6.01 Å². The van der Waals surface area contributed by atoms with Crippen molar-refractivity contribution in [3.05, 3.63) is 18.5 Å². The van der Waals surface area contributed by atoms with Crippen molar-refractivity contribution in [3.63, 3.8) is 0 Å². The van der Waals surface area contributed by atoms with Crippen molar-refractivity contribution in [2.24, 2.45) is 0 Å². The Morgan fingerprint density at radius 3 is 2.64 bits per heavy atom. The van der Waals surface area contributed by atoms with Crippen LogP contribution in [0.25, 0.3) is 0 Å². The summed E-state index contributed by atoms with van der Waals surface area (Å²) in [6, 6.07) is 1.74. The van der Waals surface area contributed by atoms with E-state index in [-0.39, 0.29) is 19.1 Å². The van der Waals surface area contributed by atoms with Crippen molar-refractivity contribution in [3.8, 4) is 6.01 Å². The zero-order valence-corrected chi connectivity index (χ0v) is 12.5. The number of alkyl halides is 3. The molecule has 1 aromatic heterocycles. The van der Waals surface area contributed by atoms with E-state index < -0.39 is 34.5 Å². The lowest BCUT2D eigenvalue weighted by Gasteiger charge is -2.31. The number of rotatable bonds is 5. The SMILES string of the molecule is O=S(=O)(CCC(F)(F)F)N1CCC[C@@H](Oc2ncccn2)C1. The summed E-state index contributed by atoms with van der Waals surface area (Å²) < 4.78 is 67.0. The molecule has 6 nitrogen and oxygen atoms in total. The highest BCUT2D eigenvalue weighted by molar-refractivity contribution is 7.89. The lowest BCUT2D eigenvalue weighted by molar-refractivity contribution is -0.130. The quantitative estimate of drug-likeness (QED) is 0.815. The third-order valence-corrected chi connectivity index (χ3v) is 5.03. The second-order valence-electron chi connectivity index (χ2n) is 4.95. The topological polar surface area (TPSA) is 72.4 Å². The third-order valence-electron chi connectivity index (χ3n) is 3.19. The summed E-state index contributed by atoms with van der Waals surface area (Å²) in [4.78, 5) is 7.76. The lowest BCUT2D eigenvalue weighted by Crippen LogP contribution is -2.45. The van der Waals surface area contributed by atoms with Gasteiger partial charge in [-0.3, -0.25) is 0 Å². The predicted molar refractivity (Wildman–Crippen MR) is 71.7 cm³/mol. The van der Waals surface area contributed by atoms with Crippen LogP contribution in [-0.2, 0) is 10.0 Å². The van der Waals surface area contributed by atoms with Crippen LogP contribution in [0.1, 0.15) is 19.3 Å². The van der Waals surface area contributed by atoms with Gasteiger partial charge >= 0.3 is 12.2 Å². The fraction of sp³-hybridized carbons (Fsp3) is 0.667. The minimum atomic E-state index is -4.49. The highest BCUT2D eigenvalue weighted by Crippen LogP contribution is 2.23. The maximum Gasteiger partial charge on any atom is 0.390 e. The van der Waals surface area contributed by atoms with Crippen LogP contribution in [0.4, 0.5) is 13.2 Å². The average Bonchev–Trinajstić information content (AvgIpc) is 2.46. The van der Waals surface area contributed by atoms with Crippen molar-refractivity contribution in [1.82, 2.24) is 14.3 Å². The Hall–Kier alpha value is -1.42. The van der Waals surface area contributed by atoms with Crippen molar-refractivity contribution in [2.45, 2.75) is 31.5 Å². The van der Waals surface area contributed by atoms with Crippen LogP contribution in [0.15, 0.2) is 18.5 Å². The van der Waals surface area contributed by atoms with E-state index in [1.807, 2.05) is 0 Å². The molecule has 1 fully saturated rings. The first-order chi connectivity index (χ1) is 10.3. The smallest absolute Gasteiger partial charge is 0.390 e. The summed E-state index contributed by atoms with van der Waals surface area (Å²) in [5.74, 6) is -0.939. The Kier molecular flexibility index (Phi) is 5.22.